The predicted molar refractivity (Wildman–Crippen MR) is 70.1 cm³/mol. The van der Waals surface area contributed by atoms with Crippen LogP contribution >= 0.6 is 0 Å². The van der Waals surface area contributed by atoms with E-state index < -0.39 is 0 Å². The van der Waals surface area contributed by atoms with E-state index in [1.807, 2.05) is 0 Å². The first-order valence-corrected chi connectivity index (χ1v) is 7.56. The van der Waals surface area contributed by atoms with E-state index in [1.54, 1.807) is 0 Å². The molecule has 3 aliphatic rings. The van der Waals surface area contributed by atoms with Crippen LogP contribution in [0.5, 0.6) is 0 Å². The Kier molecular flexibility index (Phi) is 2.99. The van der Waals surface area contributed by atoms with E-state index in [9.17, 15) is 0 Å². The van der Waals surface area contributed by atoms with Crippen molar-refractivity contribution in [1.29, 1.82) is 0 Å². The van der Waals surface area contributed by atoms with E-state index in [0.29, 0.717) is 11.1 Å². The van der Waals surface area contributed by atoms with Gasteiger partial charge in [0.1, 0.15) is 0 Å². The Hall–Kier alpha value is -0.0800. The number of nitrogens with one attached hydrogen (secondary N) is 1. The van der Waals surface area contributed by atoms with Crippen molar-refractivity contribution in [1.82, 2.24) is 5.32 Å². The van der Waals surface area contributed by atoms with Crippen LogP contribution in [0, 0.1) is 11.8 Å². The molecule has 0 aromatic rings. The van der Waals surface area contributed by atoms with Crippen molar-refractivity contribution in [3.05, 3.63) is 0 Å². The van der Waals surface area contributed by atoms with Gasteiger partial charge >= 0.3 is 0 Å². The molecule has 1 N–H and O–H groups in total. The Bertz CT molecular complexity index is 277. The minimum atomic E-state index is 0.301. The van der Waals surface area contributed by atoms with Crippen molar-refractivity contribution >= 4 is 0 Å². The molecule has 98 valence electrons. The molecule has 1 aliphatic carbocycles. The maximum atomic E-state index is 6.09. The van der Waals surface area contributed by atoms with Crippen molar-refractivity contribution in [2.45, 2.75) is 69.9 Å². The molecule has 3 fully saturated rings. The molecule has 2 nitrogen and oxygen atoms in total. The standard InChI is InChI=1S/C15H27NO/c1-12(2)15(8-4-9-16-15)13-5-10-17-14(11-13)6-3-7-14/h12-13,16H,3-11H2,1-2H3. The Morgan fingerprint density at radius 2 is 2.00 bits per heavy atom. The van der Waals surface area contributed by atoms with Gasteiger partial charge in [0, 0.05) is 12.1 Å². The maximum Gasteiger partial charge on any atom is 0.0686 e. The molecule has 0 amide bonds. The van der Waals surface area contributed by atoms with E-state index in [2.05, 4.69) is 19.2 Å². The summed E-state index contributed by atoms with van der Waals surface area (Å²) in [4.78, 5) is 0. The molecule has 3 rings (SSSR count). The average Bonchev–Trinajstić information content (AvgIpc) is 2.77. The van der Waals surface area contributed by atoms with Gasteiger partial charge in [0.2, 0.25) is 0 Å². The van der Waals surface area contributed by atoms with Crippen molar-refractivity contribution in [2.75, 3.05) is 13.2 Å². The Balaban J connectivity index is 1.77. The molecule has 2 aliphatic heterocycles. The largest absolute Gasteiger partial charge is 0.375 e. The summed E-state index contributed by atoms with van der Waals surface area (Å²) in [5.74, 6) is 1.60. The van der Waals surface area contributed by atoms with Gasteiger partial charge in [0.05, 0.1) is 5.60 Å². The molecule has 0 aromatic heterocycles. The van der Waals surface area contributed by atoms with Crippen LogP contribution in [0.3, 0.4) is 0 Å². The fraction of sp³-hybridized carbons (Fsp3) is 1.00. The topological polar surface area (TPSA) is 21.3 Å². The first kappa shape index (κ1) is 12.0. The molecule has 0 aromatic carbocycles. The molecule has 1 spiro atoms. The second-order valence-electron chi connectivity index (χ2n) is 6.80. The van der Waals surface area contributed by atoms with Gasteiger partial charge < -0.3 is 10.1 Å². The van der Waals surface area contributed by atoms with Gasteiger partial charge in [0.25, 0.3) is 0 Å². The van der Waals surface area contributed by atoms with E-state index in [4.69, 9.17) is 4.74 Å². The fourth-order valence-electron chi connectivity index (χ4n) is 4.49. The van der Waals surface area contributed by atoms with Crippen molar-refractivity contribution in [3.8, 4) is 0 Å². The molecule has 17 heavy (non-hydrogen) atoms. The van der Waals surface area contributed by atoms with Crippen LogP contribution in [0.2, 0.25) is 0 Å². The lowest BCUT2D eigenvalue weighted by molar-refractivity contribution is -0.156. The third kappa shape index (κ3) is 1.84. The molecule has 0 bridgehead atoms. The molecule has 2 saturated heterocycles. The Labute approximate surface area is 105 Å². The van der Waals surface area contributed by atoms with Crippen LogP contribution in [-0.2, 0) is 4.74 Å². The lowest BCUT2D eigenvalue weighted by Crippen LogP contribution is -2.57. The highest BCUT2D eigenvalue weighted by Gasteiger charge is 2.51. The van der Waals surface area contributed by atoms with Crippen LogP contribution in [0.15, 0.2) is 0 Å². The summed E-state index contributed by atoms with van der Waals surface area (Å²) in [5, 5.41) is 3.87. The molecule has 0 radical (unpaired) electrons. The molecule has 2 atom stereocenters. The monoisotopic (exact) mass is 237 g/mol. The molecule has 2 heteroatoms. The summed E-state index contributed by atoms with van der Waals surface area (Å²) in [6, 6.07) is 0. The summed E-state index contributed by atoms with van der Waals surface area (Å²) in [6.07, 6.45) is 9.35. The van der Waals surface area contributed by atoms with Crippen LogP contribution < -0.4 is 5.32 Å². The first-order chi connectivity index (χ1) is 8.17. The van der Waals surface area contributed by atoms with Crippen molar-refractivity contribution < 1.29 is 4.74 Å². The van der Waals surface area contributed by atoms with Gasteiger partial charge in [-0.15, -0.1) is 0 Å². The summed E-state index contributed by atoms with van der Waals surface area (Å²) < 4.78 is 6.09. The van der Waals surface area contributed by atoms with Gasteiger partial charge in [-0.3, -0.25) is 0 Å². The molecule has 2 unspecified atom stereocenters. The van der Waals surface area contributed by atoms with Crippen molar-refractivity contribution in [2.24, 2.45) is 11.8 Å². The lowest BCUT2D eigenvalue weighted by Gasteiger charge is -2.53. The van der Waals surface area contributed by atoms with E-state index in [0.717, 1.165) is 18.4 Å². The third-order valence-electron chi connectivity index (χ3n) is 5.74. The average molecular weight is 237 g/mol. The quantitative estimate of drug-likeness (QED) is 0.797. The van der Waals surface area contributed by atoms with E-state index >= 15 is 0 Å². The van der Waals surface area contributed by atoms with E-state index in [-0.39, 0.29) is 0 Å². The van der Waals surface area contributed by atoms with Gasteiger partial charge in [-0.1, -0.05) is 13.8 Å². The van der Waals surface area contributed by atoms with Crippen LogP contribution in [0.1, 0.15) is 58.8 Å². The smallest absolute Gasteiger partial charge is 0.0686 e. The molecular weight excluding hydrogens is 210 g/mol. The zero-order chi connectivity index (χ0) is 11.9. The highest BCUT2D eigenvalue weighted by Crippen LogP contribution is 2.49. The van der Waals surface area contributed by atoms with E-state index in [1.165, 1.54) is 51.5 Å². The number of rotatable bonds is 2. The second kappa shape index (κ2) is 4.24. The highest BCUT2D eigenvalue weighted by atomic mass is 16.5. The normalized spacial score (nSPS) is 40.8. The van der Waals surface area contributed by atoms with Crippen LogP contribution in [0.25, 0.3) is 0 Å². The Morgan fingerprint density at radius 3 is 2.53 bits per heavy atom. The predicted octanol–water partition coefficient (Wildman–Crippen LogP) is 3.11. The van der Waals surface area contributed by atoms with Crippen LogP contribution in [0.4, 0.5) is 0 Å². The number of hydrogen-bond donors (Lipinski definition) is 1. The summed E-state index contributed by atoms with van der Waals surface area (Å²) in [6.45, 7) is 7.03. The lowest BCUT2D eigenvalue weighted by atomic mass is 9.63. The van der Waals surface area contributed by atoms with Crippen molar-refractivity contribution in [3.63, 3.8) is 0 Å². The zero-order valence-electron chi connectivity index (χ0n) is 11.4. The molecular formula is C15H27NO. The van der Waals surface area contributed by atoms with Gasteiger partial charge in [-0.05, 0) is 63.3 Å². The minimum absolute atomic E-state index is 0.301. The minimum Gasteiger partial charge on any atom is -0.375 e. The molecule has 2 heterocycles. The first-order valence-electron chi connectivity index (χ1n) is 7.56. The maximum absolute atomic E-state index is 6.09. The van der Waals surface area contributed by atoms with Crippen LogP contribution in [-0.4, -0.2) is 24.3 Å². The number of ether oxygens (including phenoxy) is 1. The zero-order valence-corrected chi connectivity index (χ0v) is 11.4. The summed E-state index contributed by atoms with van der Waals surface area (Å²) >= 11 is 0. The second-order valence-corrected chi connectivity index (χ2v) is 6.80. The van der Waals surface area contributed by atoms with Gasteiger partial charge in [-0.25, -0.2) is 0 Å². The Morgan fingerprint density at radius 1 is 1.18 bits per heavy atom. The fourth-order valence-corrected chi connectivity index (χ4v) is 4.49. The van der Waals surface area contributed by atoms with Gasteiger partial charge in [0.15, 0.2) is 0 Å². The molecule has 1 saturated carbocycles. The van der Waals surface area contributed by atoms with Gasteiger partial charge in [-0.2, -0.15) is 0 Å². The summed E-state index contributed by atoms with van der Waals surface area (Å²) in [7, 11) is 0. The third-order valence-corrected chi connectivity index (χ3v) is 5.74. The SMILES string of the molecule is CC(C)C1(C2CCOC3(CCC3)C2)CCCN1. The highest BCUT2D eigenvalue weighted by molar-refractivity contribution is 5.06. The number of hydrogen-bond acceptors (Lipinski definition) is 2. The summed E-state index contributed by atoms with van der Waals surface area (Å²) in [5.41, 5.74) is 0.724.